The van der Waals surface area contributed by atoms with Crippen LogP contribution in [0.3, 0.4) is 0 Å². The van der Waals surface area contributed by atoms with E-state index in [0.29, 0.717) is 6.54 Å². The number of amides is 4. The fourth-order valence-corrected chi connectivity index (χ4v) is 5.24. The average Bonchev–Trinajstić information content (AvgIpc) is 3.04. The van der Waals surface area contributed by atoms with Crippen molar-refractivity contribution in [3.8, 4) is 0 Å². The summed E-state index contributed by atoms with van der Waals surface area (Å²) in [7, 11) is 7.55. The maximum atomic E-state index is 13.4. The summed E-state index contributed by atoms with van der Waals surface area (Å²) in [6, 6.07) is 10.2. The monoisotopic (exact) mass is 459 g/mol. The highest BCUT2D eigenvalue weighted by atomic mass is 16.3. The van der Waals surface area contributed by atoms with Gasteiger partial charge in [0.2, 0.25) is 11.8 Å². The Morgan fingerprint density at radius 1 is 1.03 bits per heavy atom. The van der Waals surface area contributed by atoms with Gasteiger partial charge in [0.25, 0.3) is 0 Å². The molecule has 9 nitrogen and oxygen atoms in total. The maximum absolute atomic E-state index is 13.4. The van der Waals surface area contributed by atoms with Gasteiger partial charge in [-0.1, -0.05) is 30.3 Å². The molecule has 1 aromatic carbocycles. The van der Waals surface area contributed by atoms with Gasteiger partial charge in [0.1, 0.15) is 13.1 Å². The second-order valence-corrected chi connectivity index (χ2v) is 9.60. The minimum atomic E-state index is -0.492. The van der Waals surface area contributed by atoms with E-state index in [9.17, 15) is 14.4 Å². The number of urea groups is 1. The molecule has 1 aromatic rings. The molecule has 1 spiro atoms. The van der Waals surface area contributed by atoms with Crippen LogP contribution in [0.1, 0.15) is 31.2 Å². The quantitative estimate of drug-likeness (QED) is 0.596. The third-order valence-electron chi connectivity index (χ3n) is 7.29. The Morgan fingerprint density at radius 3 is 2.21 bits per heavy atom. The zero-order valence-electron chi connectivity index (χ0n) is 20.2. The Morgan fingerprint density at radius 2 is 1.67 bits per heavy atom. The Labute approximate surface area is 196 Å². The first-order valence-electron chi connectivity index (χ1n) is 11.5. The van der Waals surface area contributed by atoms with Crippen molar-refractivity contribution in [2.75, 3.05) is 61.0 Å². The Kier molecular flexibility index (Phi) is 7.64. The smallest absolute Gasteiger partial charge is 0.321 e. The standard InChI is InChI=1S/C24H37N5O4/c1-26(2)21(32)17-29-22(33)28(16-20(31)25-14-15-30)18-23(29)10-12-24(13-11-23,27(3)4)19-8-6-5-7-9-19/h5-9,30H,10-18H2,1-4H3,(H,25,31)/t23-,24+. The zero-order chi connectivity index (χ0) is 24.2. The molecule has 2 aliphatic rings. The molecule has 1 aliphatic carbocycles. The molecule has 0 radical (unpaired) electrons. The normalized spacial score (nSPS) is 25.1. The number of aliphatic hydroxyl groups is 1. The van der Waals surface area contributed by atoms with E-state index in [0.717, 1.165) is 25.7 Å². The van der Waals surface area contributed by atoms with Crippen molar-refractivity contribution in [3.63, 3.8) is 0 Å². The minimum absolute atomic E-state index is 0.000887. The first-order chi connectivity index (χ1) is 15.6. The van der Waals surface area contributed by atoms with Crippen molar-refractivity contribution in [3.05, 3.63) is 35.9 Å². The molecule has 1 aliphatic heterocycles. The SMILES string of the molecule is CN(C)C(=O)CN1C(=O)N(CC(=O)NCCO)C[C@]12CC[C@](c1ccccc1)(N(C)C)CC2. The summed E-state index contributed by atoms with van der Waals surface area (Å²) in [5.74, 6) is -0.446. The van der Waals surface area contributed by atoms with Crippen LogP contribution in [0, 0.1) is 0 Å². The number of likely N-dealkylation sites (N-methyl/N-ethyl adjacent to an activating group) is 1. The molecule has 3 rings (SSSR count). The van der Waals surface area contributed by atoms with Crippen LogP contribution in [0.15, 0.2) is 30.3 Å². The summed E-state index contributed by atoms with van der Waals surface area (Å²) >= 11 is 0. The number of hydrogen-bond donors (Lipinski definition) is 2. The largest absolute Gasteiger partial charge is 0.395 e. The molecule has 2 N–H and O–H groups in total. The molecule has 0 unspecified atom stereocenters. The number of nitrogens with zero attached hydrogens (tertiary/aromatic N) is 4. The number of nitrogens with one attached hydrogen (secondary N) is 1. The Balaban J connectivity index is 1.85. The summed E-state index contributed by atoms with van der Waals surface area (Å²) in [5.41, 5.74) is 0.623. The van der Waals surface area contributed by atoms with E-state index in [2.05, 4.69) is 48.6 Å². The second kappa shape index (κ2) is 10.1. The predicted octanol–water partition coefficient (Wildman–Crippen LogP) is 0.691. The van der Waals surface area contributed by atoms with Crippen molar-refractivity contribution in [2.24, 2.45) is 0 Å². The van der Waals surface area contributed by atoms with E-state index >= 15 is 0 Å². The zero-order valence-corrected chi connectivity index (χ0v) is 20.2. The summed E-state index contributed by atoms with van der Waals surface area (Å²) in [4.78, 5) is 45.2. The van der Waals surface area contributed by atoms with E-state index in [4.69, 9.17) is 5.11 Å². The summed E-state index contributed by atoms with van der Waals surface area (Å²) in [6.45, 7) is 0.333. The Hall–Kier alpha value is -2.65. The molecule has 0 aromatic heterocycles. The molecule has 182 valence electrons. The van der Waals surface area contributed by atoms with Gasteiger partial charge in [-0.3, -0.25) is 14.5 Å². The highest BCUT2D eigenvalue weighted by Crippen LogP contribution is 2.48. The molecule has 9 heteroatoms. The third-order valence-corrected chi connectivity index (χ3v) is 7.29. The fraction of sp³-hybridized carbons (Fsp3) is 0.625. The second-order valence-electron chi connectivity index (χ2n) is 9.60. The number of carbonyl (C=O) groups is 3. The molecule has 0 atom stereocenters. The van der Waals surface area contributed by atoms with Crippen LogP contribution in [0.4, 0.5) is 4.79 Å². The number of aliphatic hydroxyl groups excluding tert-OH is 1. The van der Waals surface area contributed by atoms with Crippen molar-refractivity contribution >= 4 is 17.8 Å². The first kappa shape index (κ1) is 25.0. The molecule has 0 bridgehead atoms. The molecular formula is C24H37N5O4. The van der Waals surface area contributed by atoms with Crippen molar-refractivity contribution in [2.45, 2.75) is 36.8 Å². The van der Waals surface area contributed by atoms with Gasteiger partial charge in [-0.15, -0.1) is 0 Å². The molecule has 1 saturated heterocycles. The van der Waals surface area contributed by atoms with Crippen molar-refractivity contribution in [1.82, 2.24) is 24.9 Å². The highest BCUT2D eigenvalue weighted by molar-refractivity contribution is 5.89. The van der Waals surface area contributed by atoms with E-state index in [1.165, 1.54) is 10.5 Å². The van der Waals surface area contributed by atoms with Gasteiger partial charge in [0.15, 0.2) is 0 Å². The molecule has 33 heavy (non-hydrogen) atoms. The van der Waals surface area contributed by atoms with Gasteiger partial charge in [0, 0.05) is 32.7 Å². The number of carbonyl (C=O) groups excluding carboxylic acids is 3. The Bertz CT molecular complexity index is 850. The van der Waals surface area contributed by atoms with Gasteiger partial charge in [-0.2, -0.15) is 0 Å². The van der Waals surface area contributed by atoms with Crippen LogP contribution in [-0.4, -0.2) is 109 Å². The molecular weight excluding hydrogens is 422 g/mol. The van der Waals surface area contributed by atoms with E-state index in [-0.39, 0.29) is 49.6 Å². The molecule has 1 saturated carbocycles. The van der Waals surface area contributed by atoms with Crippen LogP contribution in [0.5, 0.6) is 0 Å². The van der Waals surface area contributed by atoms with Crippen molar-refractivity contribution in [1.29, 1.82) is 0 Å². The van der Waals surface area contributed by atoms with E-state index < -0.39 is 5.54 Å². The predicted molar refractivity (Wildman–Crippen MR) is 125 cm³/mol. The lowest BCUT2D eigenvalue weighted by Crippen LogP contribution is -2.57. The first-order valence-corrected chi connectivity index (χ1v) is 11.5. The minimum Gasteiger partial charge on any atom is -0.395 e. The average molecular weight is 460 g/mol. The third kappa shape index (κ3) is 4.99. The lowest BCUT2D eigenvalue weighted by molar-refractivity contribution is -0.130. The lowest BCUT2D eigenvalue weighted by Gasteiger charge is -2.51. The lowest BCUT2D eigenvalue weighted by atomic mass is 9.68. The number of rotatable bonds is 8. The number of benzene rings is 1. The topological polar surface area (TPSA) is 96.4 Å². The summed E-state index contributed by atoms with van der Waals surface area (Å²) < 4.78 is 0. The molecule has 4 amide bonds. The van der Waals surface area contributed by atoms with Gasteiger partial charge < -0.3 is 25.1 Å². The van der Waals surface area contributed by atoms with Crippen molar-refractivity contribution < 1.29 is 19.5 Å². The molecule has 2 fully saturated rings. The van der Waals surface area contributed by atoms with Gasteiger partial charge >= 0.3 is 6.03 Å². The fourth-order valence-electron chi connectivity index (χ4n) is 5.24. The summed E-state index contributed by atoms with van der Waals surface area (Å²) in [5, 5.41) is 11.6. The summed E-state index contributed by atoms with van der Waals surface area (Å²) in [6.07, 6.45) is 3.16. The van der Waals surface area contributed by atoms with E-state index in [1.807, 2.05) is 6.07 Å². The van der Waals surface area contributed by atoms with Gasteiger partial charge in [-0.05, 0) is 45.3 Å². The van der Waals surface area contributed by atoms with Crippen LogP contribution in [-0.2, 0) is 15.1 Å². The molecule has 1 heterocycles. The maximum Gasteiger partial charge on any atom is 0.321 e. The number of hydrogen-bond acceptors (Lipinski definition) is 5. The van der Waals surface area contributed by atoms with E-state index in [1.54, 1.807) is 23.9 Å². The van der Waals surface area contributed by atoms with Crippen LogP contribution in [0.2, 0.25) is 0 Å². The van der Waals surface area contributed by atoms with Gasteiger partial charge in [0.05, 0.1) is 12.1 Å². The highest BCUT2D eigenvalue weighted by Gasteiger charge is 2.55. The van der Waals surface area contributed by atoms with Gasteiger partial charge in [-0.25, -0.2) is 4.79 Å². The van der Waals surface area contributed by atoms with Crippen LogP contribution >= 0.6 is 0 Å². The van der Waals surface area contributed by atoms with Crippen LogP contribution in [0.25, 0.3) is 0 Å². The van der Waals surface area contributed by atoms with Crippen LogP contribution < -0.4 is 5.32 Å².